The van der Waals surface area contributed by atoms with E-state index in [2.05, 4.69) is 10.6 Å². The highest BCUT2D eigenvalue weighted by molar-refractivity contribution is 6.30. The van der Waals surface area contributed by atoms with Crippen LogP contribution in [0.1, 0.15) is 18.2 Å². The van der Waals surface area contributed by atoms with Crippen molar-refractivity contribution in [2.75, 3.05) is 11.4 Å². The average molecular weight is 326 g/mol. The Morgan fingerprint density at radius 3 is 2.61 bits per heavy atom. The first-order chi connectivity index (χ1) is 11.1. The summed E-state index contributed by atoms with van der Waals surface area (Å²) >= 11 is 5.93. The summed E-state index contributed by atoms with van der Waals surface area (Å²) in [4.78, 5) is 19.0. The number of nitrogens with zero attached hydrogens (tertiary/aromatic N) is 3. The summed E-state index contributed by atoms with van der Waals surface area (Å²) in [6, 6.07) is 15.5. The van der Waals surface area contributed by atoms with Crippen molar-refractivity contribution in [3.8, 4) is 0 Å². The minimum atomic E-state index is 0.107. The summed E-state index contributed by atoms with van der Waals surface area (Å²) in [6.45, 7) is 0.650. The third-order valence-corrected chi connectivity index (χ3v) is 4.70. The molecule has 0 bridgehead atoms. The fraction of sp³-hybridized carbons (Fsp3) is 0.222. The Morgan fingerprint density at radius 1 is 1.13 bits per heavy atom. The van der Waals surface area contributed by atoms with Gasteiger partial charge in [-0.25, -0.2) is 4.98 Å². The second-order valence-electron chi connectivity index (χ2n) is 5.90. The Labute approximate surface area is 139 Å². The molecule has 4 nitrogen and oxygen atoms in total. The zero-order chi connectivity index (χ0) is 16.0. The van der Waals surface area contributed by atoms with Gasteiger partial charge in [-0.15, -0.1) is 0 Å². The first-order valence-corrected chi connectivity index (χ1v) is 7.98. The van der Waals surface area contributed by atoms with Gasteiger partial charge in [-0.05, 0) is 36.4 Å². The number of carbonyl (C=O) groups is 1. The van der Waals surface area contributed by atoms with Crippen LogP contribution in [0, 0.1) is 0 Å². The molecule has 1 fully saturated rings. The van der Waals surface area contributed by atoms with Crippen molar-refractivity contribution in [1.29, 1.82) is 0 Å². The molecule has 4 rings (SSSR count). The van der Waals surface area contributed by atoms with Crippen molar-refractivity contribution in [2.45, 2.75) is 12.3 Å². The monoisotopic (exact) mass is 325 g/mol. The van der Waals surface area contributed by atoms with Crippen LogP contribution in [-0.2, 0) is 11.8 Å². The van der Waals surface area contributed by atoms with Gasteiger partial charge in [0, 0.05) is 36.6 Å². The molecule has 0 aliphatic carbocycles. The summed E-state index contributed by atoms with van der Waals surface area (Å²) in [5.74, 6) is 1.20. The van der Waals surface area contributed by atoms with E-state index in [-0.39, 0.29) is 11.8 Å². The lowest BCUT2D eigenvalue weighted by molar-refractivity contribution is -0.117. The number of benzene rings is 2. The van der Waals surface area contributed by atoms with Gasteiger partial charge >= 0.3 is 0 Å². The molecule has 1 amide bonds. The van der Waals surface area contributed by atoms with Crippen molar-refractivity contribution in [1.82, 2.24) is 9.55 Å². The van der Waals surface area contributed by atoms with Crippen molar-refractivity contribution < 1.29 is 4.79 Å². The minimum Gasteiger partial charge on any atom is -0.331 e. The highest BCUT2D eigenvalue weighted by Crippen LogP contribution is 2.33. The number of anilines is 1. The maximum absolute atomic E-state index is 12.4. The minimum absolute atomic E-state index is 0.107. The third kappa shape index (κ3) is 2.39. The lowest BCUT2D eigenvalue weighted by Gasteiger charge is -2.16. The van der Waals surface area contributed by atoms with Crippen LogP contribution in [0.4, 0.5) is 5.69 Å². The zero-order valence-corrected chi connectivity index (χ0v) is 13.5. The molecule has 1 aliphatic rings. The van der Waals surface area contributed by atoms with E-state index in [9.17, 15) is 4.79 Å². The highest BCUT2D eigenvalue weighted by atomic mass is 35.5. The maximum atomic E-state index is 12.4. The van der Waals surface area contributed by atoms with E-state index in [0.717, 1.165) is 22.5 Å². The van der Waals surface area contributed by atoms with Gasteiger partial charge in [0.2, 0.25) is 5.91 Å². The van der Waals surface area contributed by atoms with Crippen LogP contribution in [-0.4, -0.2) is 22.0 Å². The number of hydrogen-bond acceptors (Lipinski definition) is 2. The predicted molar refractivity (Wildman–Crippen MR) is 91.9 cm³/mol. The lowest BCUT2D eigenvalue weighted by atomic mass is 10.1. The number of amides is 1. The summed E-state index contributed by atoms with van der Waals surface area (Å²) in [7, 11) is 2.01. The van der Waals surface area contributed by atoms with E-state index < -0.39 is 0 Å². The Morgan fingerprint density at radius 2 is 1.87 bits per heavy atom. The Kier molecular flexibility index (Phi) is 3.34. The summed E-state index contributed by atoms with van der Waals surface area (Å²) in [6.07, 6.45) is 0.486. The number of aromatic nitrogens is 2. The Balaban J connectivity index is 1.67. The van der Waals surface area contributed by atoms with Gasteiger partial charge in [-0.1, -0.05) is 23.7 Å². The first-order valence-electron chi connectivity index (χ1n) is 7.61. The van der Waals surface area contributed by atoms with Crippen LogP contribution in [0.3, 0.4) is 0 Å². The van der Waals surface area contributed by atoms with Gasteiger partial charge in [-0.2, -0.15) is 0 Å². The van der Waals surface area contributed by atoms with Crippen molar-refractivity contribution >= 4 is 34.2 Å². The molecule has 1 aromatic heterocycles. The summed E-state index contributed by atoms with van der Waals surface area (Å²) < 4.78 is 2.10. The standard InChI is InChI=1S/C18H16ClN3O/c1-21-16-5-3-2-4-15(16)20-18(21)12-10-17(23)22(11-12)14-8-6-13(19)7-9-14/h2-9,12H,10-11H2,1H3. The molecule has 23 heavy (non-hydrogen) atoms. The molecule has 0 saturated carbocycles. The average Bonchev–Trinajstić information content (AvgIpc) is 3.09. The molecule has 3 aromatic rings. The summed E-state index contributed by atoms with van der Waals surface area (Å²) in [5, 5.41) is 0.673. The van der Waals surface area contributed by atoms with Crippen LogP contribution in [0.5, 0.6) is 0 Å². The molecule has 0 spiro atoms. The number of halogens is 1. The second kappa shape index (κ2) is 5.39. The highest BCUT2D eigenvalue weighted by Gasteiger charge is 2.34. The van der Waals surface area contributed by atoms with Gasteiger partial charge in [0.25, 0.3) is 0 Å². The van der Waals surface area contributed by atoms with Crippen molar-refractivity contribution in [2.24, 2.45) is 7.05 Å². The van der Waals surface area contributed by atoms with Gasteiger partial charge in [0.15, 0.2) is 0 Å². The topological polar surface area (TPSA) is 38.1 Å². The SMILES string of the molecule is Cn1c(C2CC(=O)N(c3ccc(Cl)cc3)C2)nc2ccccc21. The largest absolute Gasteiger partial charge is 0.331 e. The third-order valence-electron chi connectivity index (χ3n) is 4.45. The van der Waals surface area contributed by atoms with Crippen LogP contribution >= 0.6 is 11.6 Å². The van der Waals surface area contributed by atoms with Gasteiger partial charge < -0.3 is 9.47 Å². The fourth-order valence-corrected chi connectivity index (χ4v) is 3.41. The molecule has 2 aromatic carbocycles. The fourth-order valence-electron chi connectivity index (χ4n) is 3.28. The van der Waals surface area contributed by atoms with Gasteiger partial charge in [-0.3, -0.25) is 4.79 Å². The molecule has 1 saturated heterocycles. The number of carbonyl (C=O) groups excluding carboxylic acids is 1. The maximum Gasteiger partial charge on any atom is 0.227 e. The van der Waals surface area contributed by atoms with E-state index in [4.69, 9.17) is 16.6 Å². The molecular weight excluding hydrogens is 310 g/mol. The van der Waals surface area contributed by atoms with Crippen LogP contribution in [0.25, 0.3) is 11.0 Å². The van der Waals surface area contributed by atoms with Crippen LogP contribution < -0.4 is 4.90 Å². The van der Waals surface area contributed by atoms with E-state index in [1.165, 1.54) is 0 Å². The van der Waals surface area contributed by atoms with E-state index >= 15 is 0 Å². The quantitative estimate of drug-likeness (QED) is 0.719. The molecule has 2 heterocycles. The molecular formula is C18H16ClN3O. The molecule has 1 atom stereocenters. The molecule has 1 unspecified atom stereocenters. The van der Waals surface area contributed by atoms with Crippen molar-refractivity contribution in [3.63, 3.8) is 0 Å². The molecule has 1 aliphatic heterocycles. The molecule has 0 radical (unpaired) electrons. The van der Waals surface area contributed by atoms with E-state index in [1.807, 2.05) is 54.4 Å². The number of fused-ring (bicyclic) bond motifs is 1. The number of rotatable bonds is 2. The first kappa shape index (κ1) is 14.3. The second-order valence-corrected chi connectivity index (χ2v) is 6.34. The van der Waals surface area contributed by atoms with E-state index in [1.54, 1.807) is 0 Å². The zero-order valence-electron chi connectivity index (χ0n) is 12.7. The van der Waals surface area contributed by atoms with Crippen LogP contribution in [0.2, 0.25) is 5.02 Å². The number of aryl methyl sites for hydroxylation is 1. The van der Waals surface area contributed by atoms with E-state index in [0.29, 0.717) is 18.0 Å². The van der Waals surface area contributed by atoms with Gasteiger partial charge in [0.1, 0.15) is 5.82 Å². The van der Waals surface area contributed by atoms with Gasteiger partial charge in [0.05, 0.1) is 11.0 Å². The predicted octanol–water partition coefficient (Wildman–Crippen LogP) is 3.75. The lowest BCUT2D eigenvalue weighted by Crippen LogP contribution is -2.24. The number of imidazole rings is 1. The Hall–Kier alpha value is -2.33. The normalized spacial score (nSPS) is 18.1. The summed E-state index contributed by atoms with van der Waals surface area (Å²) in [5.41, 5.74) is 2.96. The molecule has 5 heteroatoms. The Bertz CT molecular complexity index is 885. The number of hydrogen-bond donors (Lipinski definition) is 0. The molecule has 0 N–H and O–H groups in total. The van der Waals surface area contributed by atoms with Crippen molar-refractivity contribution in [3.05, 3.63) is 59.4 Å². The number of para-hydroxylation sites is 2. The molecule has 116 valence electrons. The smallest absolute Gasteiger partial charge is 0.227 e. The van der Waals surface area contributed by atoms with Crippen LogP contribution in [0.15, 0.2) is 48.5 Å².